The summed E-state index contributed by atoms with van der Waals surface area (Å²) in [7, 11) is 1.87. The van der Waals surface area contributed by atoms with Crippen molar-refractivity contribution < 1.29 is 4.79 Å². The van der Waals surface area contributed by atoms with E-state index in [1.807, 2.05) is 19.4 Å². The van der Waals surface area contributed by atoms with Crippen molar-refractivity contribution >= 4 is 11.6 Å². The SMILES string of the molecule is CCCNC1CCc2c(-c3ccc4c(c3)CCC(=O)N4C)cncc21. The monoisotopic (exact) mass is 335 g/mol. The van der Waals surface area contributed by atoms with Gasteiger partial charge in [0.05, 0.1) is 0 Å². The third-order valence-corrected chi connectivity index (χ3v) is 5.52. The zero-order valence-corrected chi connectivity index (χ0v) is 15.0. The molecular formula is C21H25N3O. The first-order valence-electron chi connectivity index (χ1n) is 9.29. The largest absolute Gasteiger partial charge is 0.315 e. The number of amides is 1. The molecule has 0 radical (unpaired) electrons. The minimum atomic E-state index is 0.201. The van der Waals surface area contributed by atoms with Crippen LogP contribution >= 0.6 is 0 Å². The summed E-state index contributed by atoms with van der Waals surface area (Å²) in [6, 6.07) is 6.91. The van der Waals surface area contributed by atoms with Crippen LogP contribution in [0.4, 0.5) is 5.69 Å². The Kier molecular flexibility index (Phi) is 4.30. The molecule has 1 unspecified atom stereocenters. The Morgan fingerprint density at radius 3 is 2.96 bits per heavy atom. The number of fused-ring (bicyclic) bond motifs is 2. The van der Waals surface area contributed by atoms with Crippen molar-refractivity contribution in [1.82, 2.24) is 10.3 Å². The Morgan fingerprint density at radius 2 is 2.12 bits per heavy atom. The van der Waals surface area contributed by atoms with Crippen LogP contribution in [0.1, 0.15) is 48.9 Å². The number of anilines is 1. The van der Waals surface area contributed by atoms with E-state index in [4.69, 9.17) is 0 Å². The standard InChI is InChI=1S/C21H25N3O/c1-3-10-23-19-7-6-16-17(12-22-13-18(16)19)14-4-8-20-15(11-14)5-9-21(25)24(20)2/h4,8,11-13,19,23H,3,5-7,9-10H2,1-2H3. The van der Waals surface area contributed by atoms with Gasteiger partial charge >= 0.3 is 0 Å². The second-order valence-electron chi connectivity index (χ2n) is 7.10. The molecule has 1 N–H and O–H groups in total. The molecule has 2 aromatic rings. The molecule has 25 heavy (non-hydrogen) atoms. The summed E-state index contributed by atoms with van der Waals surface area (Å²) in [6.45, 7) is 3.25. The van der Waals surface area contributed by atoms with Gasteiger partial charge in [0, 0.05) is 43.2 Å². The summed E-state index contributed by atoms with van der Waals surface area (Å²) in [5.74, 6) is 0.201. The van der Waals surface area contributed by atoms with Gasteiger partial charge in [0.25, 0.3) is 0 Å². The highest BCUT2D eigenvalue weighted by Crippen LogP contribution is 2.38. The Bertz CT molecular complexity index is 815. The lowest BCUT2D eigenvalue weighted by Gasteiger charge is -2.26. The lowest BCUT2D eigenvalue weighted by atomic mass is 9.94. The second kappa shape index (κ2) is 6.60. The zero-order valence-electron chi connectivity index (χ0n) is 15.0. The van der Waals surface area contributed by atoms with Crippen LogP contribution in [-0.4, -0.2) is 24.5 Å². The molecule has 1 aromatic carbocycles. The minimum Gasteiger partial charge on any atom is -0.315 e. The minimum absolute atomic E-state index is 0.201. The molecule has 1 aliphatic heterocycles. The van der Waals surface area contributed by atoms with Crippen molar-refractivity contribution in [2.45, 2.75) is 45.1 Å². The number of aryl methyl sites for hydroxylation is 1. The van der Waals surface area contributed by atoms with Gasteiger partial charge < -0.3 is 10.2 Å². The Hall–Kier alpha value is -2.20. The molecule has 2 aliphatic rings. The quantitative estimate of drug-likeness (QED) is 0.928. The molecule has 130 valence electrons. The molecule has 0 saturated carbocycles. The molecule has 0 saturated heterocycles. The summed E-state index contributed by atoms with van der Waals surface area (Å²) in [4.78, 5) is 18.2. The number of carbonyl (C=O) groups excluding carboxylic acids is 1. The normalized spacial score (nSPS) is 19.0. The molecule has 0 fully saturated rings. The van der Waals surface area contributed by atoms with Crippen molar-refractivity contribution in [2.24, 2.45) is 0 Å². The first-order chi connectivity index (χ1) is 12.2. The summed E-state index contributed by atoms with van der Waals surface area (Å²) < 4.78 is 0. The van der Waals surface area contributed by atoms with Gasteiger partial charge in [-0.1, -0.05) is 13.0 Å². The molecule has 1 aromatic heterocycles. The van der Waals surface area contributed by atoms with Crippen molar-refractivity contribution in [3.8, 4) is 11.1 Å². The maximum absolute atomic E-state index is 11.9. The van der Waals surface area contributed by atoms with Crippen LogP contribution in [0.2, 0.25) is 0 Å². The number of benzene rings is 1. The maximum Gasteiger partial charge on any atom is 0.227 e. The van der Waals surface area contributed by atoms with Gasteiger partial charge in [-0.15, -0.1) is 0 Å². The fraction of sp³-hybridized carbons (Fsp3) is 0.429. The van der Waals surface area contributed by atoms with E-state index in [1.54, 1.807) is 4.90 Å². The number of pyridine rings is 1. The highest BCUT2D eigenvalue weighted by Gasteiger charge is 2.26. The molecule has 4 heteroatoms. The molecule has 1 atom stereocenters. The average molecular weight is 335 g/mol. The number of nitrogens with zero attached hydrogens (tertiary/aromatic N) is 2. The third kappa shape index (κ3) is 2.85. The predicted molar refractivity (Wildman–Crippen MR) is 101 cm³/mol. The van der Waals surface area contributed by atoms with Gasteiger partial charge in [-0.25, -0.2) is 0 Å². The van der Waals surface area contributed by atoms with Crippen molar-refractivity contribution in [1.29, 1.82) is 0 Å². The molecule has 2 heterocycles. The zero-order chi connectivity index (χ0) is 17.4. The molecule has 0 bridgehead atoms. The summed E-state index contributed by atoms with van der Waals surface area (Å²) in [5, 5.41) is 3.64. The van der Waals surface area contributed by atoms with E-state index < -0.39 is 0 Å². The van der Waals surface area contributed by atoms with Crippen LogP contribution in [0.3, 0.4) is 0 Å². The fourth-order valence-corrected chi connectivity index (χ4v) is 4.13. The topological polar surface area (TPSA) is 45.2 Å². The van der Waals surface area contributed by atoms with Crippen molar-refractivity contribution in [3.05, 3.63) is 47.3 Å². The Labute approximate surface area is 149 Å². The smallest absolute Gasteiger partial charge is 0.227 e. The number of hydrogen-bond donors (Lipinski definition) is 1. The maximum atomic E-state index is 11.9. The van der Waals surface area contributed by atoms with E-state index in [0.717, 1.165) is 37.9 Å². The number of hydrogen-bond acceptors (Lipinski definition) is 3. The van der Waals surface area contributed by atoms with Gasteiger partial charge in [-0.2, -0.15) is 0 Å². The van der Waals surface area contributed by atoms with E-state index >= 15 is 0 Å². The van der Waals surface area contributed by atoms with Crippen LogP contribution < -0.4 is 10.2 Å². The first-order valence-corrected chi connectivity index (χ1v) is 9.29. The second-order valence-corrected chi connectivity index (χ2v) is 7.10. The molecule has 0 spiro atoms. The van der Waals surface area contributed by atoms with Crippen LogP contribution in [0.25, 0.3) is 11.1 Å². The summed E-state index contributed by atoms with van der Waals surface area (Å²) in [6.07, 6.45) is 8.86. The number of carbonyl (C=O) groups is 1. The summed E-state index contributed by atoms with van der Waals surface area (Å²) in [5.41, 5.74) is 7.57. The number of nitrogens with one attached hydrogen (secondary N) is 1. The highest BCUT2D eigenvalue weighted by atomic mass is 16.2. The van der Waals surface area contributed by atoms with Gasteiger partial charge in [0.1, 0.15) is 0 Å². The molecule has 4 nitrogen and oxygen atoms in total. The highest BCUT2D eigenvalue weighted by molar-refractivity contribution is 5.96. The third-order valence-electron chi connectivity index (χ3n) is 5.52. The predicted octanol–water partition coefficient (Wildman–Crippen LogP) is 3.64. The summed E-state index contributed by atoms with van der Waals surface area (Å²) >= 11 is 0. The lowest BCUT2D eigenvalue weighted by molar-refractivity contribution is -0.118. The van der Waals surface area contributed by atoms with Crippen LogP contribution in [0, 0.1) is 0 Å². The van der Waals surface area contributed by atoms with Gasteiger partial charge in [-0.3, -0.25) is 9.78 Å². The van der Waals surface area contributed by atoms with E-state index in [9.17, 15) is 4.79 Å². The van der Waals surface area contributed by atoms with Gasteiger partial charge in [0.2, 0.25) is 5.91 Å². The van der Waals surface area contributed by atoms with Crippen LogP contribution in [-0.2, 0) is 17.6 Å². The van der Waals surface area contributed by atoms with Gasteiger partial charge in [-0.05, 0) is 66.6 Å². The first kappa shape index (κ1) is 16.3. The van der Waals surface area contributed by atoms with Crippen LogP contribution in [0.5, 0.6) is 0 Å². The van der Waals surface area contributed by atoms with E-state index in [2.05, 4.69) is 35.4 Å². The fourth-order valence-electron chi connectivity index (χ4n) is 4.13. The van der Waals surface area contributed by atoms with E-state index in [0.29, 0.717) is 12.5 Å². The average Bonchev–Trinajstić information content (AvgIpc) is 3.06. The van der Waals surface area contributed by atoms with Crippen molar-refractivity contribution in [3.63, 3.8) is 0 Å². The molecule has 1 amide bonds. The van der Waals surface area contributed by atoms with Crippen LogP contribution in [0.15, 0.2) is 30.6 Å². The van der Waals surface area contributed by atoms with E-state index in [-0.39, 0.29) is 5.91 Å². The molecule has 4 rings (SSSR count). The Balaban J connectivity index is 1.70. The molecular weight excluding hydrogens is 310 g/mol. The number of rotatable bonds is 4. The van der Waals surface area contributed by atoms with Gasteiger partial charge in [0.15, 0.2) is 0 Å². The molecule has 1 aliphatic carbocycles. The number of aromatic nitrogens is 1. The van der Waals surface area contributed by atoms with Crippen molar-refractivity contribution in [2.75, 3.05) is 18.5 Å². The lowest BCUT2D eigenvalue weighted by Crippen LogP contribution is -2.30. The van der Waals surface area contributed by atoms with E-state index in [1.165, 1.54) is 27.8 Å². The Morgan fingerprint density at radius 1 is 1.24 bits per heavy atom.